The van der Waals surface area contributed by atoms with Crippen LogP contribution >= 0.6 is 11.8 Å². The maximum Gasteiger partial charge on any atom is 0.231 e. The van der Waals surface area contributed by atoms with Gasteiger partial charge in [0, 0.05) is 4.90 Å². The molecule has 0 spiro atoms. The van der Waals surface area contributed by atoms with E-state index < -0.39 is 5.54 Å². The summed E-state index contributed by atoms with van der Waals surface area (Å²) >= 11 is 1.52. The maximum absolute atomic E-state index is 12.0. The second-order valence-corrected chi connectivity index (χ2v) is 6.21. The molecule has 3 nitrogen and oxygen atoms in total. The van der Waals surface area contributed by atoms with Gasteiger partial charge in [-0.3, -0.25) is 4.79 Å². The second-order valence-electron chi connectivity index (χ2n) is 5.19. The predicted molar refractivity (Wildman–Crippen MR) is 76.8 cm³/mol. The molecule has 0 aliphatic heterocycles. The zero-order valence-electron chi connectivity index (χ0n) is 11.3. The second kappa shape index (κ2) is 5.66. The molecule has 0 radical (unpaired) electrons. The van der Waals surface area contributed by atoms with Crippen LogP contribution in [0.15, 0.2) is 29.2 Å². The number of nitriles is 1. The number of nitrogens with zero attached hydrogens (tertiary/aromatic N) is 1. The van der Waals surface area contributed by atoms with Gasteiger partial charge in [-0.1, -0.05) is 18.2 Å². The lowest BCUT2D eigenvalue weighted by atomic mass is 9.98. The lowest BCUT2D eigenvalue weighted by Gasteiger charge is -2.22. The highest BCUT2D eigenvalue weighted by atomic mass is 32.2. The van der Waals surface area contributed by atoms with Crippen LogP contribution in [0.25, 0.3) is 0 Å². The number of nitrogens with one attached hydrogen (secondary N) is 1. The van der Waals surface area contributed by atoms with Gasteiger partial charge in [0.05, 0.1) is 11.8 Å². The van der Waals surface area contributed by atoms with Crippen molar-refractivity contribution in [3.8, 4) is 6.07 Å². The first kappa shape index (κ1) is 14.0. The van der Waals surface area contributed by atoms with Crippen LogP contribution in [-0.2, 0) is 4.79 Å². The van der Waals surface area contributed by atoms with Gasteiger partial charge in [-0.25, -0.2) is 0 Å². The van der Waals surface area contributed by atoms with E-state index in [4.69, 9.17) is 0 Å². The number of rotatable bonds is 5. The maximum atomic E-state index is 12.0. The van der Waals surface area contributed by atoms with E-state index in [2.05, 4.69) is 11.4 Å². The number of carbonyl (C=O) groups excluding carboxylic acids is 1. The summed E-state index contributed by atoms with van der Waals surface area (Å²) < 4.78 is 0. The van der Waals surface area contributed by atoms with Crippen molar-refractivity contribution in [1.29, 1.82) is 5.26 Å². The van der Waals surface area contributed by atoms with Crippen molar-refractivity contribution < 1.29 is 4.79 Å². The first-order valence-corrected chi connectivity index (χ1v) is 7.44. The molecule has 0 aromatic heterocycles. The van der Waals surface area contributed by atoms with Gasteiger partial charge in [-0.15, -0.1) is 11.8 Å². The fraction of sp³-hybridized carbons (Fsp3) is 0.467. The predicted octanol–water partition coefficient (Wildman–Crippen LogP) is 2.90. The van der Waals surface area contributed by atoms with Crippen molar-refractivity contribution in [2.24, 2.45) is 5.92 Å². The molecule has 4 heteroatoms. The van der Waals surface area contributed by atoms with Gasteiger partial charge in [-0.05, 0) is 44.2 Å². The normalized spacial score (nSPS) is 17.3. The molecule has 1 aliphatic rings. The quantitative estimate of drug-likeness (QED) is 0.840. The smallest absolute Gasteiger partial charge is 0.231 e. The largest absolute Gasteiger partial charge is 0.337 e. The Hall–Kier alpha value is -1.47. The van der Waals surface area contributed by atoms with Gasteiger partial charge >= 0.3 is 0 Å². The molecule has 1 N–H and O–H groups in total. The third-order valence-electron chi connectivity index (χ3n) is 3.48. The van der Waals surface area contributed by atoms with Crippen molar-refractivity contribution in [3.05, 3.63) is 29.8 Å². The molecule has 0 saturated heterocycles. The first-order chi connectivity index (χ1) is 9.05. The molecule has 1 fully saturated rings. The van der Waals surface area contributed by atoms with Crippen molar-refractivity contribution in [3.63, 3.8) is 0 Å². The topological polar surface area (TPSA) is 52.9 Å². The summed E-state index contributed by atoms with van der Waals surface area (Å²) in [6.07, 6.45) is 2.07. The molecule has 1 atom stereocenters. The molecule has 0 bridgehead atoms. The van der Waals surface area contributed by atoms with Crippen LogP contribution in [0, 0.1) is 24.2 Å². The van der Waals surface area contributed by atoms with Crippen LogP contribution in [0.3, 0.4) is 0 Å². The zero-order valence-corrected chi connectivity index (χ0v) is 12.1. The Labute approximate surface area is 118 Å². The molecule has 1 aromatic carbocycles. The summed E-state index contributed by atoms with van der Waals surface area (Å²) in [4.78, 5) is 13.1. The number of hydrogen-bond donors (Lipinski definition) is 1. The Bertz CT molecular complexity index is 519. The summed E-state index contributed by atoms with van der Waals surface area (Å²) in [5, 5.41) is 12.1. The zero-order chi connectivity index (χ0) is 13.9. The number of thioether (sulfide) groups is 1. The summed E-state index contributed by atoms with van der Waals surface area (Å²) in [6, 6.07) is 10.2. The fourth-order valence-electron chi connectivity index (χ4n) is 2.07. The van der Waals surface area contributed by atoms with Crippen molar-refractivity contribution in [1.82, 2.24) is 5.32 Å². The molecular formula is C15H18N2OS. The van der Waals surface area contributed by atoms with E-state index in [0.717, 1.165) is 17.7 Å². The number of benzene rings is 1. The summed E-state index contributed by atoms with van der Waals surface area (Å²) in [5.41, 5.74) is 0.481. The molecule has 1 aliphatic carbocycles. The minimum atomic E-state index is -0.691. The van der Waals surface area contributed by atoms with Crippen LogP contribution in [0.5, 0.6) is 0 Å². The van der Waals surface area contributed by atoms with Gasteiger partial charge in [0.25, 0.3) is 0 Å². The van der Waals surface area contributed by atoms with Gasteiger partial charge in [0.1, 0.15) is 5.54 Å². The van der Waals surface area contributed by atoms with Gasteiger partial charge in [0.2, 0.25) is 5.91 Å². The highest BCUT2D eigenvalue weighted by Crippen LogP contribution is 2.39. The standard InChI is InChI=1S/C15H18N2OS/c1-11-5-3-4-6-13(11)19-9-14(18)17-15(2,10-16)12-7-8-12/h3-6,12H,7-9H2,1-2H3,(H,17,18). The van der Waals surface area contributed by atoms with Crippen molar-refractivity contribution in [2.45, 2.75) is 37.1 Å². The van der Waals surface area contributed by atoms with E-state index in [1.165, 1.54) is 17.3 Å². The van der Waals surface area contributed by atoms with E-state index in [-0.39, 0.29) is 5.91 Å². The van der Waals surface area contributed by atoms with Crippen LogP contribution in [0.2, 0.25) is 0 Å². The summed E-state index contributed by atoms with van der Waals surface area (Å²) in [6.45, 7) is 3.85. The van der Waals surface area contributed by atoms with Crippen molar-refractivity contribution in [2.75, 3.05) is 5.75 Å². The molecule has 1 saturated carbocycles. The van der Waals surface area contributed by atoms with Gasteiger partial charge in [0.15, 0.2) is 0 Å². The van der Waals surface area contributed by atoms with E-state index in [9.17, 15) is 10.1 Å². The number of carbonyl (C=O) groups is 1. The van der Waals surface area contributed by atoms with Crippen molar-refractivity contribution >= 4 is 17.7 Å². The molecule has 19 heavy (non-hydrogen) atoms. The van der Waals surface area contributed by atoms with E-state index in [1.807, 2.05) is 38.1 Å². The number of aryl methyl sites for hydroxylation is 1. The Kier molecular flexibility index (Phi) is 4.16. The summed E-state index contributed by atoms with van der Waals surface area (Å²) in [7, 11) is 0. The van der Waals surface area contributed by atoms with Crippen LogP contribution in [0.4, 0.5) is 0 Å². The minimum Gasteiger partial charge on any atom is -0.337 e. The third kappa shape index (κ3) is 3.51. The fourth-order valence-corrected chi connectivity index (χ4v) is 2.90. The average molecular weight is 274 g/mol. The highest BCUT2D eigenvalue weighted by Gasteiger charge is 2.42. The van der Waals surface area contributed by atoms with Gasteiger partial charge < -0.3 is 5.32 Å². The average Bonchev–Trinajstić information content (AvgIpc) is 3.22. The molecule has 1 amide bonds. The molecule has 2 rings (SSSR count). The Morgan fingerprint density at radius 3 is 2.79 bits per heavy atom. The summed E-state index contributed by atoms with van der Waals surface area (Å²) in [5.74, 6) is 0.614. The lowest BCUT2D eigenvalue weighted by molar-refractivity contribution is -0.119. The molecule has 100 valence electrons. The van der Waals surface area contributed by atoms with Crippen LogP contribution in [-0.4, -0.2) is 17.2 Å². The minimum absolute atomic E-state index is 0.0656. The van der Waals surface area contributed by atoms with E-state index >= 15 is 0 Å². The molecule has 1 aromatic rings. The third-order valence-corrected chi connectivity index (χ3v) is 4.65. The Morgan fingerprint density at radius 2 is 2.21 bits per heavy atom. The molecule has 1 unspecified atom stereocenters. The Morgan fingerprint density at radius 1 is 1.53 bits per heavy atom. The molecule has 0 heterocycles. The number of hydrogen-bond acceptors (Lipinski definition) is 3. The Balaban J connectivity index is 1.88. The van der Waals surface area contributed by atoms with Crippen LogP contribution < -0.4 is 5.32 Å². The first-order valence-electron chi connectivity index (χ1n) is 6.46. The molecular weight excluding hydrogens is 256 g/mol. The highest BCUT2D eigenvalue weighted by molar-refractivity contribution is 8.00. The van der Waals surface area contributed by atoms with E-state index in [1.54, 1.807) is 0 Å². The lowest BCUT2D eigenvalue weighted by Crippen LogP contribution is -2.47. The van der Waals surface area contributed by atoms with Gasteiger partial charge in [-0.2, -0.15) is 5.26 Å². The number of amides is 1. The monoisotopic (exact) mass is 274 g/mol. The van der Waals surface area contributed by atoms with E-state index in [0.29, 0.717) is 11.7 Å². The van der Waals surface area contributed by atoms with Crippen LogP contribution in [0.1, 0.15) is 25.3 Å². The SMILES string of the molecule is Cc1ccccc1SCC(=O)NC(C)(C#N)C1CC1.